The van der Waals surface area contributed by atoms with Crippen LogP contribution >= 0.6 is 22.6 Å². The zero-order valence-corrected chi connectivity index (χ0v) is 21.9. The molecule has 8 nitrogen and oxygen atoms in total. The van der Waals surface area contributed by atoms with Gasteiger partial charge in [-0.3, -0.25) is 9.59 Å². The van der Waals surface area contributed by atoms with Gasteiger partial charge in [-0.25, -0.2) is 9.69 Å². The minimum absolute atomic E-state index is 0.0920. The second kappa shape index (κ2) is 11.3. The Balaban J connectivity index is 1.40. The first kappa shape index (κ1) is 25.2. The van der Waals surface area contributed by atoms with Gasteiger partial charge in [-0.2, -0.15) is 0 Å². The van der Waals surface area contributed by atoms with E-state index < -0.39 is 24.4 Å². The molecule has 4 amide bonds. The Morgan fingerprint density at radius 3 is 2.61 bits per heavy atom. The molecule has 4 rings (SSSR count). The van der Waals surface area contributed by atoms with Gasteiger partial charge in [0.2, 0.25) is 5.91 Å². The van der Waals surface area contributed by atoms with Gasteiger partial charge in [-0.15, -0.1) is 0 Å². The Morgan fingerprint density at radius 1 is 1.06 bits per heavy atom. The highest BCUT2D eigenvalue weighted by Gasteiger charge is 2.35. The standard InChI is InChI=1S/C27H24IN3O5/c1-17-6-5-7-19(12-17)16-36-23-11-10-18(13-20(23)28)14-22-26(33)31(27(34)30-22)15-25(32)29-21-8-3-4-9-24(21)35-2/h3-14H,15-16H2,1-2H3,(H,29,32)(H,30,34)/b22-14+. The second-order valence-electron chi connectivity index (χ2n) is 8.10. The third-order valence-electron chi connectivity index (χ3n) is 5.39. The molecule has 1 aliphatic heterocycles. The van der Waals surface area contributed by atoms with Crippen LogP contribution in [0, 0.1) is 10.5 Å². The van der Waals surface area contributed by atoms with Crippen LogP contribution in [0.25, 0.3) is 6.08 Å². The molecule has 0 aromatic heterocycles. The van der Waals surface area contributed by atoms with Crippen LogP contribution in [0.2, 0.25) is 0 Å². The molecule has 1 saturated heterocycles. The van der Waals surface area contributed by atoms with Gasteiger partial charge in [0.15, 0.2) is 0 Å². The normalized spacial score (nSPS) is 14.1. The maximum absolute atomic E-state index is 12.8. The van der Waals surface area contributed by atoms with Gasteiger partial charge in [-0.1, -0.05) is 48.0 Å². The summed E-state index contributed by atoms with van der Waals surface area (Å²) in [6, 6.07) is 19.8. The molecule has 1 heterocycles. The van der Waals surface area contributed by atoms with Crippen molar-refractivity contribution in [2.75, 3.05) is 19.0 Å². The van der Waals surface area contributed by atoms with Gasteiger partial charge in [0, 0.05) is 0 Å². The molecule has 0 bridgehead atoms. The third-order valence-corrected chi connectivity index (χ3v) is 6.23. The maximum Gasteiger partial charge on any atom is 0.329 e. The lowest BCUT2D eigenvalue weighted by Gasteiger charge is -2.13. The van der Waals surface area contributed by atoms with Gasteiger partial charge >= 0.3 is 6.03 Å². The molecule has 3 aromatic rings. The van der Waals surface area contributed by atoms with Crippen molar-refractivity contribution >= 4 is 52.2 Å². The monoisotopic (exact) mass is 597 g/mol. The topological polar surface area (TPSA) is 97.0 Å². The van der Waals surface area contributed by atoms with Crippen molar-refractivity contribution in [1.82, 2.24) is 10.2 Å². The zero-order chi connectivity index (χ0) is 25.7. The van der Waals surface area contributed by atoms with E-state index in [2.05, 4.69) is 39.3 Å². The van der Waals surface area contributed by atoms with Crippen molar-refractivity contribution < 1.29 is 23.9 Å². The summed E-state index contributed by atoms with van der Waals surface area (Å²) in [5.74, 6) is 0.0964. The minimum atomic E-state index is -0.658. The maximum atomic E-state index is 12.8. The molecule has 0 atom stereocenters. The van der Waals surface area contributed by atoms with Crippen molar-refractivity contribution in [3.05, 3.63) is 92.7 Å². The fourth-order valence-corrected chi connectivity index (χ4v) is 4.35. The number of carbonyl (C=O) groups excluding carboxylic acids is 3. The molecule has 0 aliphatic carbocycles. The number of benzene rings is 3. The Morgan fingerprint density at radius 2 is 1.86 bits per heavy atom. The van der Waals surface area contributed by atoms with Crippen molar-refractivity contribution in [3.63, 3.8) is 0 Å². The highest BCUT2D eigenvalue weighted by Crippen LogP contribution is 2.26. The first-order chi connectivity index (χ1) is 17.3. The van der Waals surface area contributed by atoms with E-state index in [-0.39, 0.29) is 5.70 Å². The molecule has 3 aromatic carbocycles. The number of imide groups is 1. The Bertz CT molecular complexity index is 1350. The van der Waals surface area contributed by atoms with Crippen LogP contribution in [0.15, 0.2) is 72.4 Å². The van der Waals surface area contributed by atoms with E-state index in [0.29, 0.717) is 23.6 Å². The number of hydrogen-bond acceptors (Lipinski definition) is 5. The number of nitrogens with zero attached hydrogens (tertiary/aromatic N) is 1. The van der Waals surface area contributed by atoms with Crippen molar-refractivity contribution in [2.45, 2.75) is 13.5 Å². The lowest BCUT2D eigenvalue weighted by Crippen LogP contribution is -2.38. The molecular formula is C27H24IN3O5. The number of hydrogen-bond donors (Lipinski definition) is 2. The van der Waals surface area contributed by atoms with Gasteiger partial charge in [-0.05, 0) is 71.0 Å². The SMILES string of the molecule is COc1ccccc1NC(=O)CN1C(=O)N/C(=C/c2ccc(OCc3cccc(C)c3)c(I)c2)C1=O. The van der Waals surface area contributed by atoms with Gasteiger partial charge in [0.1, 0.15) is 30.3 Å². The third kappa shape index (κ3) is 6.03. The van der Waals surface area contributed by atoms with Crippen LogP contribution in [0.1, 0.15) is 16.7 Å². The molecule has 2 N–H and O–H groups in total. The molecule has 36 heavy (non-hydrogen) atoms. The lowest BCUT2D eigenvalue weighted by molar-refractivity contribution is -0.127. The number of para-hydroxylation sites is 2. The highest BCUT2D eigenvalue weighted by atomic mass is 127. The van der Waals surface area contributed by atoms with E-state index in [0.717, 1.165) is 19.8 Å². The Kier molecular flexibility index (Phi) is 7.89. The van der Waals surface area contributed by atoms with Crippen molar-refractivity contribution in [1.29, 1.82) is 0 Å². The Hall–Kier alpha value is -3.86. The van der Waals surface area contributed by atoms with Gasteiger partial charge in [0.25, 0.3) is 5.91 Å². The van der Waals surface area contributed by atoms with Crippen LogP contribution < -0.4 is 20.1 Å². The van der Waals surface area contributed by atoms with Gasteiger partial charge < -0.3 is 20.1 Å². The van der Waals surface area contributed by atoms with Crippen LogP contribution in [0.4, 0.5) is 10.5 Å². The van der Waals surface area contributed by atoms with E-state index in [1.807, 2.05) is 37.3 Å². The smallest absolute Gasteiger partial charge is 0.329 e. The predicted molar refractivity (Wildman–Crippen MR) is 145 cm³/mol. The number of carbonyl (C=O) groups is 3. The summed E-state index contributed by atoms with van der Waals surface area (Å²) in [5, 5.41) is 5.20. The molecule has 184 valence electrons. The predicted octanol–water partition coefficient (Wildman–Crippen LogP) is 4.72. The number of ether oxygens (including phenoxy) is 2. The van der Waals surface area contributed by atoms with Crippen LogP contribution in [-0.4, -0.2) is 36.4 Å². The lowest BCUT2D eigenvalue weighted by atomic mass is 10.1. The number of amides is 4. The molecule has 1 fully saturated rings. The van der Waals surface area contributed by atoms with E-state index in [4.69, 9.17) is 9.47 Å². The molecule has 0 unspecified atom stereocenters. The molecule has 9 heteroatoms. The second-order valence-corrected chi connectivity index (χ2v) is 9.26. The summed E-state index contributed by atoms with van der Waals surface area (Å²) < 4.78 is 12.0. The summed E-state index contributed by atoms with van der Waals surface area (Å²) in [5.41, 5.74) is 3.50. The van der Waals surface area contributed by atoms with Crippen molar-refractivity contribution in [3.8, 4) is 11.5 Å². The van der Waals surface area contributed by atoms with Crippen molar-refractivity contribution in [2.24, 2.45) is 0 Å². The number of halogens is 1. The first-order valence-corrected chi connectivity index (χ1v) is 12.2. The molecular weight excluding hydrogens is 573 g/mol. The van der Waals surface area contributed by atoms with Gasteiger partial charge in [0.05, 0.1) is 16.4 Å². The van der Waals surface area contributed by atoms with E-state index in [1.54, 1.807) is 36.4 Å². The summed E-state index contributed by atoms with van der Waals surface area (Å²) in [7, 11) is 1.49. The molecule has 1 aliphatic rings. The number of urea groups is 1. The summed E-state index contributed by atoms with van der Waals surface area (Å²) in [6.45, 7) is 2.05. The molecule has 0 spiro atoms. The zero-order valence-electron chi connectivity index (χ0n) is 19.7. The van der Waals surface area contributed by atoms with E-state index in [9.17, 15) is 14.4 Å². The fourth-order valence-electron chi connectivity index (χ4n) is 3.65. The number of nitrogens with one attached hydrogen (secondary N) is 2. The van der Waals surface area contributed by atoms with Crippen LogP contribution in [0.3, 0.4) is 0 Å². The number of anilines is 1. The summed E-state index contributed by atoms with van der Waals surface area (Å²) in [4.78, 5) is 38.5. The summed E-state index contributed by atoms with van der Waals surface area (Å²) in [6.07, 6.45) is 1.57. The largest absolute Gasteiger partial charge is 0.495 e. The minimum Gasteiger partial charge on any atom is -0.495 e. The number of methoxy groups -OCH3 is 1. The van der Waals surface area contributed by atoms with E-state index >= 15 is 0 Å². The Labute approximate surface area is 222 Å². The fraction of sp³-hybridized carbons (Fsp3) is 0.148. The first-order valence-electron chi connectivity index (χ1n) is 11.1. The summed E-state index contributed by atoms with van der Waals surface area (Å²) >= 11 is 2.17. The molecule has 0 radical (unpaired) electrons. The molecule has 0 saturated carbocycles. The van der Waals surface area contributed by atoms with E-state index in [1.165, 1.54) is 12.7 Å². The van der Waals surface area contributed by atoms with Crippen LogP contribution in [0.5, 0.6) is 11.5 Å². The number of rotatable bonds is 8. The average Bonchev–Trinajstić information content (AvgIpc) is 3.11. The highest BCUT2D eigenvalue weighted by molar-refractivity contribution is 14.1. The van der Waals surface area contributed by atoms with Crippen LogP contribution in [-0.2, 0) is 16.2 Å². The quantitative estimate of drug-likeness (QED) is 0.223. The number of aryl methyl sites for hydroxylation is 1. The average molecular weight is 597 g/mol.